The van der Waals surface area contributed by atoms with E-state index in [0.717, 1.165) is 21.7 Å². The van der Waals surface area contributed by atoms with Crippen molar-refractivity contribution in [3.63, 3.8) is 0 Å². The van der Waals surface area contributed by atoms with Crippen LogP contribution in [0.5, 0.6) is 0 Å². The summed E-state index contributed by atoms with van der Waals surface area (Å²) in [6, 6.07) is 20.8. The number of hydrogen-bond acceptors (Lipinski definition) is 3. The summed E-state index contributed by atoms with van der Waals surface area (Å²) in [5.74, 6) is 0. The van der Waals surface area contributed by atoms with E-state index in [0.29, 0.717) is 0 Å². The van der Waals surface area contributed by atoms with Crippen LogP contribution in [0.25, 0.3) is 11.1 Å². The maximum Gasteiger partial charge on any atom is 0.101 e. The molecule has 0 aliphatic heterocycles. The first-order valence-corrected chi connectivity index (χ1v) is 7.65. The first-order valence-electron chi connectivity index (χ1n) is 6.77. The Morgan fingerprint density at radius 1 is 0.714 bits per heavy atom. The van der Waals surface area contributed by atoms with Gasteiger partial charge in [-0.15, -0.1) is 16.4 Å². The number of fused-ring (bicyclic) bond motifs is 3. The average molecular weight is 288 g/mol. The summed E-state index contributed by atoms with van der Waals surface area (Å²) in [7, 11) is 0. The lowest BCUT2D eigenvalue weighted by molar-refractivity contribution is 1.25. The molecule has 1 aromatic heterocycles. The lowest BCUT2D eigenvalue weighted by atomic mass is 10.1. The summed E-state index contributed by atoms with van der Waals surface area (Å²) in [6.07, 6.45) is 1.81. The highest BCUT2D eigenvalue weighted by Crippen LogP contribution is 2.36. The average Bonchev–Trinajstić information content (AvgIpc) is 3.15. The fraction of sp³-hybridized carbons (Fsp3) is 0. The third-order valence-corrected chi connectivity index (χ3v) is 4.35. The van der Waals surface area contributed by atoms with Crippen LogP contribution in [0.15, 0.2) is 76.2 Å². The van der Waals surface area contributed by atoms with Gasteiger partial charge >= 0.3 is 0 Å². The predicted octanol–water partition coefficient (Wildman–Crippen LogP) is 4.60. The molecule has 0 saturated carbocycles. The quantitative estimate of drug-likeness (QED) is 0.380. The smallest absolute Gasteiger partial charge is 0.101 e. The topological polar surface area (TPSA) is 24.7 Å². The number of nitrogens with zero attached hydrogens (tertiary/aromatic N) is 2. The molecule has 0 atom stereocenters. The van der Waals surface area contributed by atoms with Gasteiger partial charge in [-0.3, -0.25) is 0 Å². The number of thiophene rings is 1. The van der Waals surface area contributed by atoms with Gasteiger partial charge < -0.3 is 0 Å². The van der Waals surface area contributed by atoms with Crippen molar-refractivity contribution in [3.05, 3.63) is 82.0 Å². The molecule has 1 aliphatic rings. The van der Waals surface area contributed by atoms with Crippen LogP contribution < -0.4 is 0 Å². The largest absolute Gasteiger partial charge is 0.157 e. The van der Waals surface area contributed by atoms with Crippen LogP contribution in [0.4, 0.5) is 0 Å². The van der Waals surface area contributed by atoms with E-state index in [1.54, 1.807) is 17.6 Å². The minimum absolute atomic E-state index is 0.953. The van der Waals surface area contributed by atoms with Crippen LogP contribution >= 0.6 is 11.3 Å². The molecule has 100 valence electrons. The van der Waals surface area contributed by atoms with Gasteiger partial charge in [-0.25, -0.2) is 0 Å². The maximum absolute atomic E-state index is 4.47. The Bertz CT molecular complexity index is 798. The van der Waals surface area contributed by atoms with E-state index in [4.69, 9.17) is 0 Å². The molecule has 0 fully saturated rings. The Kier molecular flexibility index (Phi) is 2.98. The molecule has 3 heteroatoms. The molecule has 1 heterocycles. The van der Waals surface area contributed by atoms with Crippen molar-refractivity contribution in [2.45, 2.75) is 0 Å². The molecule has 0 spiro atoms. The fourth-order valence-corrected chi connectivity index (χ4v) is 3.19. The summed E-state index contributed by atoms with van der Waals surface area (Å²) < 4.78 is 0. The van der Waals surface area contributed by atoms with E-state index >= 15 is 0 Å². The first-order chi connectivity index (χ1) is 10.4. The molecule has 2 aromatic carbocycles. The van der Waals surface area contributed by atoms with Crippen molar-refractivity contribution in [1.82, 2.24) is 0 Å². The maximum atomic E-state index is 4.47. The van der Waals surface area contributed by atoms with Crippen LogP contribution in [0.1, 0.15) is 16.0 Å². The van der Waals surface area contributed by atoms with Crippen LogP contribution in [-0.4, -0.2) is 11.9 Å². The molecule has 0 bridgehead atoms. The van der Waals surface area contributed by atoms with Crippen LogP contribution in [0, 0.1) is 0 Å². The lowest BCUT2D eigenvalue weighted by Gasteiger charge is -1.97. The molecule has 3 aromatic rings. The van der Waals surface area contributed by atoms with Crippen molar-refractivity contribution >= 4 is 23.3 Å². The second-order valence-corrected chi connectivity index (χ2v) is 5.78. The zero-order chi connectivity index (χ0) is 14.1. The minimum Gasteiger partial charge on any atom is -0.157 e. The SMILES string of the molecule is C(=N\N=C1c2ccccc2-c2ccccc21)/c1cccs1. The zero-order valence-electron chi connectivity index (χ0n) is 11.2. The van der Waals surface area contributed by atoms with Gasteiger partial charge in [-0.2, -0.15) is 5.10 Å². The highest BCUT2D eigenvalue weighted by atomic mass is 32.1. The van der Waals surface area contributed by atoms with Gasteiger partial charge in [0.25, 0.3) is 0 Å². The van der Waals surface area contributed by atoms with Crippen molar-refractivity contribution in [2.75, 3.05) is 0 Å². The van der Waals surface area contributed by atoms with Crippen molar-refractivity contribution in [1.29, 1.82) is 0 Å². The van der Waals surface area contributed by atoms with Crippen LogP contribution in [0.3, 0.4) is 0 Å². The molecule has 0 radical (unpaired) electrons. The number of rotatable bonds is 2. The molecular formula is C18H12N2S. The molecule has 21 heavy (non-hydrogen) atoms. The second kappa shape index (κ2) is 5.11. The predicted molar refractivity (Wildman–Crippen MR) is 89.4 cm³/mol. The Morgan fingerprint density at radius 2 is 1.33 bits per heavy atom. The molecule has 0 N–H and O–H groups in total. The zero-order valence-corrected chi connectivity index (χ0v) is 12.0. The summed E-state index contributed by atoms with van der Waals surface area (Å²) in [6.45, 7) is 0. The summed E-state index contributed by atoms with van der Waals surface area (Å²) >= 11 is 1.66. The van der Waals surface area contributed by atoms with Crippen LogP contribution in [-0.2, 0) is 0 Å². The Balaban J connectivity index is 1.81. The monoisotopic (exact) mass is 288 g/mol. The summed E-state index contributed by atoms with van der Waals surface area (Å²) in [5, 5.41) is 10.8. The first kappa shape index (κ1) is 12.2. The van der Waals surface area contributed by atoms with E-state index in [1.165, 1.54) is 11.1 Å². The highest BCUT2D eigenvalue weighted by Gasteiger charge is 2.23. The standard InChI is InChI=1S/C18H12N2S/c1-3-9-16-14(7-1)15-8-2-4-10-17(15)18(16)20-19-12-13-6-5-11-21-13/h1-12H/b19-12+. The molecule has 1 aliphatic carbocycles. The van der Waals surface area contributed by atoms with Crippen molar-refractivity contribution < 1.29 is 0 Å². The third kappa shape index (κ3) is 2.12. The van der Waals surface area contributed by atoms with Gasteiger partial charge in [0.1, 0.15) is 5.71 Å². The molecule has 4 rings (SSSR count). The Morgan fingerprint density at radius 3 is 1.90 bits per heavy atom. The van der Waals surface area contributed by atoms with Crippen LogP contribution in [0.2, 0.25) is 0 Å². The number of benzene rings is 2. The molecule has 0 saturated heterocycles. The Labute approximate surface area is 127 Å². The van der Waals surface area contributed by atoms with Gasteiger partial charge in [-0.05, 0) is 22.6 Å². The summed E-state index contributed by atoms with van der Waals surface area (Å²) in [5.41, 5.74) is 5.73. The highest BCUT2D eigenvalue weighted by molar-refractivity contribution is 7.11. The second-order valence-electron chi connectivity index (χ2n) is 4.80. The fourth-order valence-electron chi connectivity index (χ4n) is 2.61. The van der Waals surface area contributed by atoms with Crippen molar-refractivity contribution in [2.24, 2.45) is 10.2 Å². The van der Waals surface area contributed by atoms with Gasteiger partial charge in [0.15, 0.2) is 0 Å². The molecule has 0 unspecified atom stereocenters. The number of hydrogen-bond donors (Lipinski definition) is 0. The van der Waals surface area contributed by atoms with E-state index in [9.17, 15) is 0 Å². The molecular weight excluding hydrogens is 276 g/mol. The van der Waals surface area contributed by atoms with Gasteiger partial charge in [0, 0.05) is 16.0 Å². The normalized spacial score (nSPS) is 12.5. The lowest BCUT2D eigenvalue weighted by Crippen LogP contribution is -1.96. The minimum atomic E-state index is 0.953. The third-order valence-electron chi connectivity index (χ3n) is 3.54. The Hall–Kier alpha value is -2.52. The summed E-state index contributed by atoms with van der Waals surface area (Å²) in [4.78, 5) is 1.11. The van der Waals surface area contributed by atoms with Gasteiger partial charge in [0.05, 0.1) is 6.21 Å². The molecule has 0 amide bonds. The van der Waals surface area contributed by atoms with Crippen molar-refractivity contribution in [3.8, 4) is 11.1 Å². The van der Waals surface area contributed by atoms with Gasteiger partial charge in [-0.1, -0.05) is 54.6 Å². The van der Waals surface area contributed by atoms with E-state index in [-0.39, 0.29) is 0 Å². The molecule has 2 nitrogen and oxygen atoms in total. The van der Waals surface area contributed by atoms with E-state index in [2.05, 4.69) is 46.6 Å². The van der Waals surface area contributed by atoms with Gasteiger partial charge in [0.2, 0.25) is 0 Å². The van der Waals surface area contributed by atoms with E-state index < -0.39 is 0 Å². The van der Waals surface area contributed by atoms with E-state index in [1.807, 2.05) is 29.6 Å².